The molecule has 1 N–H and O–H groups in total. The Morgan fingerprint density at radius 2 is 2.19 bits per heavy atom. The van der Waals surface area contributed by atoms with E-state index in [0.717, 1.165) is 25.3 Å². The zero-order valence-electron chi connectivity index (χ0n) is 9.89. The molecule has 1 aromatic rings. The molecule has 2 atom stereocenters. The van der Waals surface area contributed by atoms with Gasteiger partial charge in [-0.05, 0) is 19.9 Å². The quantitative estimate of drug-likeness (QED) is 0.830. The van der Waals surface area contributed by atoms with Crippen LogP contribution in [0.25, 0.3) is 0 Å². The van der Waals surface area contributed by atoms with Gasteiger partial charge >= 0.3 is 0 Å². The van der Waals surface area contributed by atoms with Crippen LogP contribution in [-0.2, 0) is 4.74 Å². The first-order chi connectivity index (χ1) is 7.68. The van der Waals surface area contributed by atoms with Crippen molar-refractivity contribution in [2.24, 2.45) is 0 Å². The summed E-state index contributed by atoms with van der Waals surface area (Å²) >= 11 is 0. The molecular formula is C13H19NO2. The van der Waals surface area contributed by atoms with Crippen LogP contribution in [0.5, 0.6) is 5.75 Å². The van der Waals surface area contributed by atoms with Crippen LogP contribution in [0.3, 0.4) is 0 Å². The van der Waals surface area contributed by atoms with Crippen LogP contribution < -0.4 is 0 Å². The monoisotopic (exact) mass is 221 g/mol. The summed E-state index contributed by atoms with van der Waals surface area (Å²) in [7, 11) is 0. The van der Waals surface area contributed by atoms with E-state index >= 15 is 0 Å². The van der Waals surface area contributed by atoms with Gasteiger partial charge in [0.1, 0.15) is 5.75 Å². The van der Waals surface area contributed by atoms with Crippen molar-refractivity contribution in [3.8, 4) is 5.75 Å². The molecule has 1 aliphatic rings. The fourth-order valence-electron chi connectivity index (χ4n) is 2.23. The van der Waals surface area contributed by atoms with Gasteiger partial charge in [0, 0.05) is 24.7 Å². The summed E-state index contributed by atoms with van der Waals surface area (Å²) in [5.41, 5.74) is 0.997. The highest BCUT2D eigenvalue weighted by Gasteiger charge is 2.23. The summed E-state index contributed by atoms with van der Waals surface area (Å²) in [4.78, 5) is 2.35. The number of benzene rings is 1. The molecule has 0 aliphatic carbocycles. The van der Waals surface area contributed by atoms with E-state index in [-0.39, 0.29) is 12.1 Å². The van der Waals surface area contributed by atoms with Crippen molar-refractivity contribution in [3.05, 3.63) is 29.8 Å². The van der Waals surface area contributed by atoms with E-state index < -0.39 is 0 Å². The number of phenolic OH excluding ortho intramolecular Hbond substituents is 1. The zero-order valence-corrected chi connectivity index (χ0v) is 9.89. The smallest absolute Gasteiger partial charge is 0.120 e. The van der Waals surface area contributed by atoms with Gasteiger partial charge in [-0.1, -0.05) is 18.2 Å². The van der Waals surface area contributed by atoms with Gasteiger partial charge in [-0.15, -0.1) is 0 Å². The molecule has 2 unspecified atom stereocenters. The third kappa shape index (κ3) is 2.36. The highest BCUT2D eigenvalue weighted by Crippen LogP contribution is 2.28. The Bertz CT molecular complexity index is 354. The largest absolute Gasteiger partial charge is 0.508 e. The molecule has 1 aliphatic heterocycles. The predicted octanol–water partition coefficient (Wildman–Crippen LogP) is 2.17. The molecule has 0 radical (unpaired) electrons. The second kappa shape index (κ2) is 4.85. The minimum atomic E-state index is 0.243. The van der Waals surface area contributed by atoms with Crippen LogP contribution >= 0.6 is 0 Å². The van der Waals surface area contributed by atoms with Crippen molar-refractivity contribution in [2.75, 3.05) is 19.7 Å². The first-order valence-electron chi connectivity index (χ1n) is 5.82. The molecule has 0 aromatic heterocycles. The molecule has 1 aromatic carbocycles. The molecule has 1 saturated heterocycles. The Morgan fingerprint density at radius 3 is 2.88 bits per heavy atom. The molecule has 16 heavy (non-hydrogen) atoms. The van der Waals surface area contributed by atoms with Gasteiger partial charge in [-0.2, -0.15) is 0 Å². The lowest BCUT2D eigenvalue weighted by atomic mass is 10.0. The molecular weight excluding hydrogens is 202 g/mol. The van der Waals surface area contributed by atoms with E-state index in [1.54, 1.807) is 6.07 Å². The zero-order chi connectivity index (χ0) is 11.5. The minimum Gasteiger partial charge on any atom is -0.508 e. The van der Waals surface area contributed by atoms with Crippen molar-refractivity contribution < 1.29 is 9.84 Å². The summed E-state index contributed by atoms with van der Waals surface area (Å²) in [6.45, 7) is 6.85. The standard InChI is InChI=1S/C13H19NO2/c1-10-9-14(7-8-16-10)11(2)12-5-3-4-6-13(12)15/h3-6,10-11,15H,7-9H2,1-2H3. The van der Waals surface area contributed by atoms with Gasteiger partial charge in [-0.3, -0.25) is 4.90 Å². The van der Waals surface area contributed by atoms with Crippen LogP contribution in [0.4, 0.5) is 0 Å². The first kappa shape index (κ1) is 11.4. The number of hydrogen-bond acceptors (Lipinski definition) is 3. The van der Waals surface area contributed by atoms with Crippen molar-refractivity contribution in [3.63, 3.8) is 0 Å². The maximum Gasteiger partial charge on any atom is 0.120 e. The molecule has 0 amide bonds. The lowest BCUT2D eigenvalue weighted by molar-refractivity contribution is -0.0322. The number of para-hydroxylation sites is 1. The number of rotatable bonds is 2. The molecule has 3 nitrogen and oxygen atoms in total. The number of aromatic hydroxyl groups is 1. The van der Waals surface area contributed by atoms with E-state index in [4.69, 9.17) is 4.74 Å². The summed E-state index contributed by atoms with van der Waals surface area (Å²) in [5, 5.41) is 9.82. The Balaban J connectivity index is 2.12. The molecule has 0 saturated carbocycles. The summed E-state index contributed by atoms with van der Waals surface area (Å²) < 4.78 is 5.52. The normalized spacial score (nSPS) is 24.2. The average Bonchev–Trinajstić information content (AvgIpc) is 2.29. The van der Waals surface area contributed by atoms with Gasteiger partial charge in [0.15, 0.2) is 0 Å². The Kier molecular flexibility index (Phi) is 3.46. The summed E-state index contributed by atoms with van der Waals surface area (Å²) in [6, 6.07) is 7.80. The lowest BCUT2D eigenvalue weighted by Crippen LogP contribution is -2.42. The van der Waals surface area contributed by atoms with Crippen molar-refractivity contribution >= 4 is 0 Å². The molecule has 1 heterocycles. The third-order valence-electron chi connectivity index (χ3n) is 3.21. The topological polar surface area (TPSA) is 32.7 Å². The second-order valence-electron chi connectivity index (χ2n) is 4.41. The summed E-state index contributed by atoms with van der Waals surface area (Å²) in [5.74, 6) is 0.383. The van der Waals surface area contributed by atoms with Crippen molar-refractivity contribution in [1.82, 2.24) is 4.90 Å². The maximum absolute atomic E-state index is 9.82. The highest BCUT2D eigenvalue weighted by molar-refractivity contribution is 5.34. The molecule has 3 heteroatoms. The van der Waals surface area contributed by atoms with Crippen molar-refractivity contribution in [1.29, 1.82) is 0 Å². The third-order valence-corrected chi connectivity index (χ3v) is 3.21. The van der Waals surface area contributed by atoms with Crippen LogP contribution in [0, 0.1) is 0 Å². The van der Waals surface area contributed by atoms with Crippen LogP contribution in [0.1, 0.15) is 25.5 Å². The van der Waals surface area contributed by atoms with E-state index in [9.17, 15) is 5.11 Å². The number of nitrogens with zero attached hydrogens (tertiary/aromatic N) is 1. The highest BCUT2D eigenvalue weighted by atomic mass is 16.5. The number of morpholine rings is 1. The van der Waals surface area contributed by atoms with Gasteiger partial charge in [0.2, 0.25) is 0 Å². The predicted molar refractivity (Wildman–Crippen MR) is 63.5 cm³/mol. The number of ether oxygens (including phenoxy) is 1. The van der Waals surface area contributed by atoms with Crippen molar-refractivity contribution in [2.45, 2.75) is 26.0 Å². The van der Waals surface area contributed by atoms with E-state index in [1.165, 1.54) is 0 Å². The van der Waals surface area contributed by atoms with Gasteiger partial charge in [0.05, 0.1) is 12.7 Å². The Hall–Kier alpha value is -1.06. The fraction of sp³-hybridized carbons (Fsp3) is 0.538. The number of phenols is 1. The van der Waals surface area contributed by atoms with E-state index in [0.29, 0.717) is 5.75 Å². The van der Waals surface area contributed by atoms with Gasteiger partial charge < -0.3 is 9.84 Å². The van der Waals surface area contributed by atoms with Crippen LogP contribution in [0.2, 0.25) is 0 Å². The lowest BCUT2D eigenvalue weighted by Gasteiger charge is -2.35. The number of hydrogen-bond donors (Lipinski definition) is 1. The molecule has 1 fully saturated rings. The molecule has 0 bridgehead atoms. The Labute approximate surface area is 96.6 Å². The maximum atomic E-state index is 9.82. The van der Waals surface area contributed by atoms with Crippen LogP contribution in [-0.4, -0.2) is 35.8 Å². The molecule has 88 valence electrons. The van der Waals surface area contributed by atoms with Gasteiger partial charge in [-0.25, -0.2) is 0 Å². The fourth-order valence-corrected chi connectivity index (χ4v) is 2.23. The molecule has 2 rings (SSSR count). The second-order valence-corrected chi connectivity index (χ2v) is 4.41. The first-order valence-corrected chi connectivity index (χ1v) is 5.82. The van der Waals surface area contributed by atoms with Crippen LogP contribution in [0.15, 0.2) is 24.3 Å². The SMILES string of the molecule is CC1CN(C(C)c2ccccc2O)CCO1. The van der Waals surface area contributed by atoms with E-state index in [2.05, 4.69) is 18.7 Å². The van der Waals surface area contributed by atoms with Gasteiger partial charge in [0.25, 0.3) is 0 Å². The molecule has 0 spiro atoms. The minimum absolute atomic E-state index is 0.243. The Morgan fingerprint density at radius 1 is 1.44 bits per heavy atom. The average molecular weight is 221 g/mol. The van der Waals surface area contributed by atoms with E-state index in [1.807, 2.05) is 18.2 Å². The summed E-state index contributed by atoms with van der Waals surface area (Å²) in [6.07, 6.45) is 0.280.